The van der Waals surface area contributed by atoms with Gasteiger partial charge in [0.05, 0.1) is 11.6 Å². The summed E-state index contributed by atoms with van der Waals surface area (Å²) in [6, 6.07) is 15.2. The Labute approximate surface area is 163 Å². The van der Waals surface area contributed by atoms with Gasteiger partial charge < -0.3 is 10.6 Å². The van der Waals surface area contributed by atoms with Crippen LogP contribution in [0.25, 0.3) is 0 Å². The number of anilines is 1. The molecular formula is C22H22FN3O2. The first-order valence-corrected chi connectivity index (χ1v) is 9.39. The highest BCUT2D eigenvalue weighted by Crippen LogP contribution is 2.30. The lowest BCUT2D eigenvalue weighted by molar-refractivity contribution is -0.128. The number of hydrogen-bond donors (Lipinski definition) is 2. The van der Waals surface area contributed by atoms with Crippen molar-refractivity contribution < 1.29 is 14.0 Å². The van der Waals surface area contributed by atoms with Crippen molar-refractivity contribution in [2.75, 3.05) is 5.32 Å². The SMILES string of the molecule is N#Cc1ccc(NC(=O)C2CCC(C(=O)NCc3ccccc3F)CC2)cc1. The van der Waals surface area contributed by atoms with Gasteiger partial charge in [-0.15, -0.1) is 0 Å². The Balaban J connectivity index is 1.45. The molecule has 0 unspecified atom stereocenters. The van der Waals surface area contributed by atoms with Gasteiger partial charge in [0, 0.05) is 29.6 Å². The molecule has 0 aromatic heterocycles. The van der Waals surface area contributed by atoms with Crippen LogP contribution in [0.3, 0.4) is 0 Å². The first-order chi connectivity index (χ1) is 13.6. The molecule has 5 nitrogen and oxygen atoms in total. The van der Waals surface area contributed by atoms with Crippen molar-refractivity contribution in [2.24, 2.45) is 11.8 Å². The number of rotatable bonds is 5. The quantitative estimate of drug-likeness (QED) is 0.830. The summed E-state index contributed by atoms with van der Waals surface area (Å²) < 4.78 is 13.6. The monoisotopic (exact) mass is 379 g/mol. The van der Waals surface area contributed by atoms with E-state index in [1.54, 1.807) is 42.5 Å². The Kier molecular flexibility index (Phi) is 6.38. The van der Waals surface area contributed by atoms with Crippen LogP contribution in [-0.2, 0) is 16.1 Å². The topological polar surface area (TPSA) is 82.0 Å². The van der Waals surface area contributed by atoms with Crippen molar-refractivity contribution in [1.29, 1.82) is 5.26 Å². The van der Waals surface area contributed by atoms with Gasteiger partial charge in [-0.2, -0.15) is 5.26 Å². The van der Waals surface area contributed by atoms with Crippen molar-refractivity contribution in [3.63, 3.8) is 0 Å². The van der Waals surface area contributed by atoms with Gasteiger partial charge in [0.1, 0.15) is 5.82 Å². The van der Waals surface area contributed by atoms with Crippen molar-refractivity contribution in [1.82, 2.24) is 5.32 Å². The minimum atomic E-state index is -0.328. The summed E-state index contributed by atoms with van der Waals surface area (Å²) in [5.74, 6) is -0.757. The molecule has 2 aromatic carbocycles. The Morgan fingerprint density at radius 2 is 1.57 bits per heavy atom. The summed E-state index contributed by atoms with van der Waals surface area (Å²) in [4.78, 5) is 24.8. The molecule has 2 amide bonds. The lowest BCUT2D eigenvalue weighted by Crippen LogP contribution is -2.35. The summed E-state index contributed by atoms with van der Waals surface area (Å²) in [7, 11) is 0. The fourth-order valence-electron chi connectivity index (χ4n) is 3.46. The summed E-state index contributed by atoms with van der Waals surface area (Å²) in [6.45, 7) is 0.171. The largest absolute Gasteiger partial charge is 0.352 e. The van der Waals surface area contributed by atoms with Crippen molar-refractivity contribution in [2.45, 2.75) is 32.2 Å². The molecule has 1 saturated carbocycles. The molecule has 0 aliphatic heterocycles. The fraction of sp³-hybridized carbons (Fsp3) is 0.318. The van der Waals surface area contributed by atoms with Crippen LogP contribution in [0.1, 0.15) is 36.8 Å². The Morgan fingerprint density at radius 1 is 0.964 bits per heavy atom. The van der Waals surface area contributed by atoms with Crippen LogP contribution in [0.5, 0.6) is 0 Å². The Bertz CT molecular complexity index is 881. The zero-order valence-electron chi connectivity index (χ0n) is 15.5. The highest BCUT2D eigenvalue weighted by atomic mass is 19.1. The molecule has 1 aliphatic carbocycles. The van der Waals surface area contributed by atoms with Gasteiger partial charge in [0.2, 0.25) is 11.8 Å². The molecule has 0 spiro atoms. The van der Waals surface area contributed by atoms with E-state index in [-0.39, 0.29) is 36.0 Å². The van der Waals surface area contributed by atoms with E-state index >= 15 is 0 Å². The third kappa shape index (κ3) is 4.95. The van der Waals surface area contributed by atoms with Gasteiger partial charge in [-0.1, -0.05) is 18.2 Å². The molecule has 1 aliphatic rings. The minimum absolute atomic E-state index is 0.0603. The average molecular weight is 379 g/mol. The van der Waals surface area contributed by atoms with Crippen molar-refractivity contribution in [3.8, 4) is 6.07 Å². The third-order valence-electron chi connectivity index (χ3n) is 5.16. The number of nitrogens with zero attached hydrogens (tertiary/aromatic N) is 1. The average Bonchev–Trinajstić information content (AvgIpc) is 2.73. The van der Waals surface area contributed by atoms with Gasteiger partial charge in [-0.05, 0) is 56.0 Å². The standard InChI is InChI=1S/C22H22FN3O2/c23-20-4-2-1-3-18(20)14-25-21(27)16-7-9-17(10-8-16)22(28)26-19-11-5-15(13-24)6-12-19/h1-6,11-12,16-17H,7-10,14H2,(H,25,27)(H,26,28). The maximum absolute atomic E-state index is 13.6. The van der Waals surface area contributed by atoms with Crippen molar-refractivity contribution in [3.05, 3.63) is 65.5 Å². The molecular weight excluding hydrogens is 357 g/mol. The van der Waals surface area contributed by atoms with Gasteiger partial charge in [-0.3, -0.25) is 9.59 Å². The first kappa shape index (κ1) is 19.6. The maximum atomic E-state index is 13.6. The number of carbonyl (C=O) groups is 2. The number of halogens is 1. The molecule has 28 heavy (non-hydrogen) atoms. The van der Waals surface area contributed by atoms with Crippen LogP contribution in [0.15, 0.2) is 48.5 Å². The van der Waals surface area contributed by atoms with E-state index in [0.29, 0.717) is 42.5 Å². The van der Waals surface area contributed by atoms with E-state index < -0.39 is 0 Å². The lowest BCUT2D eigenvalue weighted by atomic mass is 9.81. The lowest BCUT2D eigenvalue weighted by Gasteiger charge is -2.27. The number of amides is 2. The van der Waals surface area contributed by atoms with E-state index in [0.717, 1.165) is 0 Å². The van der Waals surface area contributed by atoms with E-state index in [2.05, 4.69) is 10.6 Å². The molecule has 6 heteroatoms. The maximum Gasteiger partial charge on any atom is 0.227 e. The summed E-state index contributed by atoms with van der Waals surface area (Å²) in [5, 5.41) is 14.5. The van der Waals surface area contributed by atoms with E-state index in [4.69, 9.17) is 5.26 Å². The Hall–Kier alpha value is -3.20. The van der Waals surface area contributed by atoms with Gasteiger partial charge in [0.25, 0.3) is 0 Å². The van der Waals surface area contributed by atoms with E-state index in [9.17, 15) is 14.0 Å². The highest BCUT2D eigenvalue weighted by molar-refractivity contribution is 5.92. The smallest absolute Gasteiger partial charge is 0.227 e. The summed E-state index contributed by atoms with van der Waals surface area (Å²) in [5.41, 5.74) is 1.67. The second kappa shape index (κ2) is 9.14. The van der Waals surface area contributed by atoms with Gasteiger partial charge in [0.15, 0.2) is 0 Å². The Morgan fingerprint density at radius 3 is 2.18 bits per heavy atom. The normalized spacial score (nSPS) is 18.7. The van der Waals surface area contributed by atoms with Crippen LogP contribution >= 0.6 is 0 Å². The zero-order chi connectivity index (χ0) is 19.9. The molecule has 0 saturated heterocycles. The predicted molar refractivity (Wildman–Crippen MR) is 103 cm³/mol. The molecule has 0 radical (unpaired) electrons. The molecule has 3 rings (SSSR count). The summed E-state index contributed by atoms with van der Waals surface area (Å²) in [6.07, 6.45) is 2.54. The van der Waals surface area contributed by atoms with Crippen LogP contribution < -0.4 is 10.6 Å². The molecule has 0 heterocycles. The van der Waals surface area contributed by atoms with E-state index in [1.807, 2.05) is 6.07 Å². The van der Waals surface area contributed by atoms with Gasteiger partial charge >= 0.3 is 0 Å². The first-order valence-electron chi connectivity index (χ1n) is 9.39. The number of benzene rings is 2. The van der Waals surface area contributed by atoms with Crippen LogP contribution in [0.4, 0.5) is 10.1 Å². The number of hydrogen-bond acceptors (Lipinski definition) is 3. The molecule has 0 bridgehead atoms. The van der Waals surface area contributed by atoms with Gasteiger partial charge in [-0.25, -0.2) is 4.39 Å². The highest BCUT2D eigenvalue weighted by Gasteiger charge is 2.29. The predicted octanol–water partition coefficient (Wildman–Crippen LogP) is 3.76. The van der Waals surface area contributed by atoms with Crippen molar-refractivity contribution >= 4 is 17.5 Å². The van der Waals surface area contributed by atoms with Crippen LogP contribution in [0.2, 0.25) is 0 Å². The summed E-state index contributed by atoms with van der Waals surface area (Å²) >= 11 is 0. The second-order valence-electron chi connectivity index (χ2n) is 7.04. The van der Waals surface area contributed by atoms with E-state index in [1.165, 1.54) is 6.07 Å². The second-order valence-corrected chi connectivity index (χ2v) is 7.04. The van der Waals surface area contributed by atoms with Crippen LogP contribution in [-0.4, -0.2) is 11.8 Å². The molecule has 144 valence electrons. The van der Waals surface area contributed by atoms with Crippen LogP contribution in [0, 0.1) is 29.0 Å². The molecule has 1 fully saturated rings. The molecule has 2 N–H and O–H groups in total. The minimum Gasteiger partial charge on any atom is -0.352 e. The fourth-order valence-corrected chi connectivity index (χ4v) is 3.46. The number of nitriles is 1. The molecule has 2 aromatic rings. The number of nitrogens with one attached hydrogen (secondary N) is 2. The number of carbonyl (C=O) groups excluding carboxylic acids is 2. The third-order valence-corrected chi connectivity index (χ3v) is 5.16. The molecule has 0 atom stereocenters. The zero-order valence-corrected chi connectivity index (χ0v) is 15.5.